The predicted octanol–water partition coefficient (Wildman–Crippen LogP) is 2.59. The van der Waals surface area contributed by atoms with Crippen LogP contribution in [0.25, 0.3) is 0 Å². The molecule has 0 bridgehead atoms. The van der Waals surface area contributed by atoms with E-state index in [1.54, 1.807) is 17.6 Å². The summed E-state index contributed by atoms with van der Waals surface area (Å²) in [7, 11) is 0. The zero-order valence-electron chi connectivity index (χ0n) is 8.81. The maximum Gasteiger partial charge on any atom is 0.220 e. The molecule has 84 valence electrons. The number of aryl methyl sites for hydroxylation is 1. The average Bonchev–Trinajstić information content (AvgIpc) is 2.96. The van der Waals surface area contributed by atoms with Crippen LogP contribution in [0.1, 0.15) is 17.1 Å². The van der Waals surface area contributed by atoms with Crippen LogP contribution in [-0.4, -0.2) is 5.91 Å². The second kappa shape index (κ2) is 5.51. The molecule has 0 radical (unpaired) electrons. The Hall–Kier alpha value is -1.55. The largest absolute Gasteiger partial charge is 0.467 e. The lowest BCUT2D eigenvalue weighted by molar-refractivity contribution is -0.121. The Morgan fingerprint density at radius 3 is 3.00 bits per heavy atom. The Morgan fingerprint density at radius 2 is 2.31 bits per heavy atom. The standard InChI is InChI=1S/C12H13NO2S/c14-12(6-5-11-4-2-8-16-11)13-9-10-3-1-7-15-10/h1-4,7-8H,5-6,9H2,(H,13,14). The van der Waals surface area contributed by atoms with E-state index in [1.807, 2.05) is 29.6 Å². The highest BCUT2D eigenvalue weighted by Crippen LogP contribution is 2.10. The number of amides is 1. The Balaban J connectivity index is 1.69. The van der Waals surface area contributed by atoms with Crippen LogP contribution in [0.5, 0.6) is 0 Å². The number of hydrogen-bond acceptors (Lipinski definition) is 3. The molecule has 0 saturated heterocycles. The summed E-state index contributed by atoms with van der Waals surface area (Å²) in [6.07, 6.45) is 2.94. The Labute approximate surface area is 98.1 Å². The molecule has 16 heavy (non-hydrogen) atoms. The molecular weight excluding hydrogens is 222 g/mol. The Kier molecular flexibility index (Phi) is 3.77. The van der Waals surface area contributed by atoms with Gasteiger partial charge in [-0.3, -0.25) is 4.79 Å². The van der Waals surface area contributed by atoms with Crippen LogP contribution in [0, 0.1) is 0 Å². The van der Waals surface area contributed by atoms with E-state index in [0.29, 0.717) is 13.0 Å². The Morgan fingerprint density at radius 1 is 1.38 bits per heavy atom. The quantitative estimate of drug-likeness (QED) is 0.865. The van der Waals surface area contributed by atoms with Crippen LogP contribution in [0.3, 0.4) is 0 Å². The summed E-state index contributed by atoms with van der Waals surface area (Å²) in [5.74, 6) is 0.842. The van der Waals surface area contributed by atoms with Gasteiger partial charge >= 0.3 is 0 Å². The van der Waals surface area contributed by atoms with Gasteiger partial charge in [-0.05, 0) is 30.0 Å². The van der Waals surface area contributed by atoms with E-state index in [4.69, 9.17) is 4.42 Å². The predicted molar refractivity (Wildman–Crippen MR) is 63.2 cm³/mol. The fraction of sp³-hybridized carbons (Fsp3) is 0.250. The van der Waals surface area contributed by atoms with E-state index in [9.17, 15) is 4.79 Å². The molecule has 2 aromatic heterocycles. The lowest BCUT2D eigenvalue weighted by Crippen LogP contribution is -2.22. The van der Waals surface area contributed by atoms with Gasteiger partial charge in [-0.15, -0.1) is 11.3 Å². The van der Waals surface area contributed by atoms with Gasteiger partial charge in [0.2, 0.25) is 5.91 Å². The van der Waals surface area contributed by atoms with Gasteiger partial charge < -0.3 is 9.73 Å². The van der Waals surface area contributed by atoms with Crippen LogP contribution >= 0.6 is 11.3 Å². The number of thiophene rings is 1. The summed E-state index contributed by atoms with van der Waals surface area (Å²) < 4.78 is 5.12. The molecule has 0 aliphatic carbocycles. The highest BCUT2D eigenvalue weighted by molar-refractivity contribution is 7.09. The number of carbonyl (C=O) groups is 1. The normalized spacial score (nSPS) is 10.2. The maximum atomic E-state index is 11.5. The van der Waals surface area contributed by atoms with Crippen LogP contribution in [0.15, 0.2) is 40.3 Å². The van der Waals surface area contributed by atoms with Crippen molar-refractivity contribution in [2.45, 2.75) is 19.4 Å². The monoisotopic (exact) mass is 235 g/mol. The molecule has 0 saturated carbocycles. The lowest BCUT2D eigenvalue weighted by Gasteiger charge is -2.01. The maximum absolute atomic E-state index is 11.5. The highest BCUT2D eigenvalue weighted by atomic mass is 32.1. The number of furan rings is 1. The van der Waals surface area contributed by atoms with Crippen molar-refractivity contribution in [3.63, 3.8) is 0 Å². The minimum Gasteiger partial charge on any atom is -0.467 e. The van der Waals surface area contributed by atoms with Crippen LogP contribution < -0.4 is 5.32 Å². The van der Waals surface area contributed by atoms with Gasteiger partial charge in [0.25, 0.3) is 0 Å². The number of nitrogens with one attached hydrogen (secondary N) is 1. The molecule has 0 aliphatic rings. The topological polar surface area (TPSA) is 42.2 Å². The van der Waals surface area contributed by atoms with Crippen molar-refractivity contribution in [2.75, 3.05) is 0 Å². The minimum atomic E-state index is 0.0600. The molecule has 0 unspecified atom stereocenters. The molecule has 0 aromatic carbocycles. The summed E-state index contributed by atoms with van der Waals surface area (Å²) in [5, 5.41) is 4.84. The Bertz CT molecular complexity index is 380. The molecule has 2 rings (SSSR count). The van der Waals surface area contributed by atoms with E-state index in [1.165, 1.54) is 4.88 Å². The van der Waals surface area contributed by atoms with Crippen molar-refractivity contribution < 1.29 is 9.21 Å². The van der Waals surface area contributed by atoms with Crippen molar-refractivity contribution >= 4 is 17.2 Å². The molecule has 4 heteroatoms. The van der Waals surface area contributed by atoms with Gasteiger partial charge in [-0.2, -0.15) is 0 Å². The van der Waals surface area contributed by atoms with Crippen molar-refractivity contribution in [1.82, 2.24) is 5.32 Å². The fourth-order valence-corrected chi connectivity index (χ4v) is 2.09. The average molecular weight is 235 g/mol. The number of carbonyl (C=O) groups excluding carboxylic acids is 1. The summed E-state index contributed by atoms with van der Waals surface area (Å²) in [6, 6.07) is 7.71. The van der Waals surface area contributed by atoms with Gasteiger partial charge in [0.15, 0.2) is 0 Å². The third kappa shape index (κ3) is 3.24. The van der Waals surface area contributed by atoms with Gasteiger partial charge in [0.05, 0.1) is 12.8 Å². The van der Waals surface area contributed by atoms with Crippen molar-refractivity contribution in [2.24, 2.45) is 0 Å². The summed E-state index contributed by atoms with van der Waals surface area (Å²) >= 11 is 1.68. The molecule has 0 aliphatic heterocycles. The van der Waals surface area contributed by atoms with Crippen LogP contribution in [0.2, 0.25) is 0 Å². The van der Waals surface area contributed by atoms with Gasteiger partial charge in [0, 0.05) is 11.3 Å². The van der Waals surface area contributed by atoms with E-state index in [0.717, 1.165) is 12.2 Å². The highest BCUT2D eigenvalue weighted by Gasteiger charge is 2.03. The molecular formula is C12H13NO2S. The third-order valence-corrected chi connectivity index (χ3v) is 3.15. The summed E-state index contributed by atoms with van der Waals surface area (Å²) in [4.78, 5) is 12.7. The number of rotatable bonds is 5. The zero-order chi connectivity index (χ0) is 11.2. The first kappa shape index (κ1) is 11.0. The SMILES string of the molecule is O=C(CCc1cccs1)NCc1ccco1. The van der Waals surface area contributed by atoms with E-state index < -0.39 is 0 Å². The molecule has 3 nitrogen and oxygen atoms in total. The second-order valence-corrected chi connectivity index (χ2v) is 4.47. The summed E-state index contributed by atoms with van der Waals surface area (Å²) in [6.45, 7) is 0.469. The first-order chi connectivity index (χ1) is 7.84. The minimum absolute atomic E-state index is 0.0600. The lowest BCUT2D eigenvalue weighted by atomic mass is 10.2. The molecule has 0 spiro atoms. The first-order valence-electron chi connectivity index (χ1n) is 5.16. The zero-order valence-corrected chi connectivity index (χ0v) is 9.63. The van der Waals surface area contributed by atoms with Crippen LogP contribution in [-0.2, 0) is 17.8 Å². The van der Waals surface area contributed by atoms with Gasteiger partial charge in [-0.1, -0.05) is 6.07 Å². The second-order valence-electron chi connectivity index (χ2n) is 3.44. The molecule has 1 amide bonds. The molecule has 0 atom stereocenters. The van der Waals surface area contributed by atoms with E-state index in [-0.39, 0.29) is 5.91 Å². The smallest absolute Gasteiger partial charge is 0.220 e. The van der Waals surface area contributed by atoms with E-state index in [2.05, 4.69) is 5.32 Å². The first-order valence-corrected chi connectivity index (χ1v) is 6.04. The van der Waals surface area contributed by atoms with Crippen molar-refractivity contribution in [1.29, 1.82) is 0 Å². The molecule has 2 heterocycles. The third-order valence-electron chi connectivity index (χ3n) is 2.22. The molecule has 0 fully saturated rings. The van der Waals surface area contributed by atoms with Gasteiger partial charge in [-0.25, -0.2) is 0 Å². The van der Waals surface area contributed by atoms with Crippen LogP contribution in [0.4, 0.5) is 0 Å². The molecule has 2 aromatic rings. The van der Waals surface area contributed by atoms with E-state index >= 15 is 0 Å². The van der Waals surface area contributed by atoms with Gasteiger partial charge in [0.1, 0.15) is 5.76 Å². The summed E-state index contributed by atoms with van der Waals surface area (Å²) in [5.41, 5.74) is 0. The van der Waals surface area contributed by atoms with Crippen molar-refractivity contribution in [3.05, 3.63) is 46.5 Å². The fourth-order valence-electron chi connectivity index (χ4n) is 1.38. The number of hydrogen-bond donors (Lipinski definition) is 1. The molecule has 1 N–H and O–H groups in total. The van der Waals surface area contributed by atoms with Crippen molar-refractivity contribution in [3.8, 4) is 0 Å².